The van der Waals surface area contributed by atoms with Crippen molar-refractivity contribution in [2.75, 3.05) is 6.61 Å². The zero-order valence-electron chi connectivity index (χ0n) is 8.98. The molecule has 0 atom stereocenters. The minimum absolute atomic E-state index is 0.570. The van der Waals surface area contributed by atoms with Crippen molar-refractivity contribution in [2.45, 2.75) is 27.2 Å². The van der Waals surface area contributed by atoms with Gasteiger partial charge in [0.15, 0.2) is 0 Å². The first-order valence-electron chi connectivity index (χ1n) is 4.57. The third kappa shape index (κ3) is 5.06. The predicted molar refractivity (Wildman–Crippen MR) is 58.2 cm³/mol. The molecule has 2 nitrogen and oxygen atoms in total. The standard InChI is InChI=1S/C12H15NO/c1-5-8-9-10-12(6-2)11(4)13-14-7-3/h1,6-7H2,2-4H3/b13-11+. The fourth-order valence-corrected chi connectivity index (χ4v) is 0.802. The molecule has 0 heterocycles. The second-order valence-electron chi connectivity index (χ2n) is 2.48. The molecule has 0 spiro atoms. The van der Waals surface area contributed by atoms with Gasteiger partial charge in [-0.25, -0.2) is 0 Å². The Balaban J connectivity index is 5.00. The van der Waals surface area contributed by atoms with Crippen LogP contribution in [0.2, 0.25) is 0 Å². The average Bonchev–Trinajstić information content (AvgIpc) is 2.21. The summed E-state index contributed by atoms with van der Waals surface area (Å²) in [6.45, 7) is 9.73. The van der Waals surface area contributed by atoms with Crippen LogP contribution in [0.5, 0.6) is 0 Å². The number of hydrogen-bond acceptors (Lipinski definition) is 2. The van der Waals surface area contributed by atoms with E-state index in [1.165, 1.54) is 0 Å². The van der Waals surface area contributed by atoms with Crippen LogP contribution < -0.4 is 0 Å². The van der Waals surface area contributed by atoms with Crippen LogP contribution >= 0.6 is 0 Å². The zero-order chi connectivity index (χ0) is 10.8. The topological polar surface area (TPSA) is 21.6 Å². The van der Waals surface area contributed by atoms with Crippen LogP contribution in [0, 0.1) is 0 Å². The number of rotatable bonds is 4. The van der Waals surface area contributed by atoms with Crippen molar-refractivity contribution < 1.29 is 4.84 Å². The van der Waals surface area contributed by atoms with Crippen LogP contribution in [-0.4, -0.2) is 12.3 Å². The second kappa shape index (κ2) is 7.95. The number of oxime groups is 1. The highest BCUT2D eigenvalue weighted by atomic mass is 16.6. The largest absolute Gasteiger partial charge is 0.396 e. The van der Waals surface area contributed by atoms with Gasteiger partial charge in [-0.05, 0) is 38.3 Å². The quantitative estimate of drug-likeness (QED) is 0.378. The van der Waals surface area contributed by atoms with E-state index < -0.39 is 0 Å². The van der Waals surface area contributed by atoms with Crippen LogP contribution in [0.1, 0.15) is 27.2 Å². The van der Waals surface area contributed by atoms with Crippen LogP contribution in [0.25, 0.3) is 0 Å². The molecule has 0 bridgehead atoms. The molecule has 74 valence electrons. The molecule has 0 aromatic rings. The molecule has 0 amide bonds. The molecular weight excluding hydrogens is 174 g/mol. The molecule has 0 fully saturated rings. The third-order valence-electron chi connectivity index (χ3n) is 1.49. The van der Waals surface area contributed by atoms with E-state index in [0.29, 0.717) is 6.61 Å². The van der Waals surface area contributed by atoms with Crippen molar-refractivity contribution in [1.82, 2.24) is 0 Å². The maximum Gasteiger partial charge on any atom is 0.114 e. The molecule has 0 saturated carbocycles. The van der Waals surface area contributed by atoms with Crippen molar-refractivity contribution in [3.63, 3.8) is 0 Å². The lowest BCUT2D eigenvalue weighted by Gasteiger charge is -1.99. The summed E-state index contributed by atoms with van der Waals surface area (Å²) in [5.41, 5.74) is 12.4. The number of allylic oxidation sites excluding steroid dienone is 1. The highest BCUT2D eigenvalue weighted by Crippen LogP contribution is 2.01. The van der Waals surface area contributed by atoms with Gasteiger partial charge in [0.25, 0.3) is 0 Å². The molecule has 0 aromatic carbocycles. The number of hydrogen-bond donors (Lipinski definition) is 0. The first-order valence-corrected chi connectivity index (χ1v) is 4.57. The maximum absolute atomic E-state index is 4.94. The van der Waals surface area contributed by atoms with E-state index in [-0.39, 0.29) is 0 Å². The van der Waals surface area contributed by atoms with E-state index in [1.54, 1.807) is 0 Å². The van der Waals surface area contributed by atoms with Crippen molar-refractivity contribution in [3.05, 3.63) is 35.1 Å². The molecule has 14 heavy (non-hydrogen) atoms. The summed E-state index contributed by atoms with van der Waals surface area (Å²) in [6, 6.07) is 0. The Morgan fingerprint density at radius 2 is 2.07 bits per heavy atom. The zero-order valence-corrected chi connectivity index (χ0v) is 8.98. The first-order chi connectivity index (χ1) is 6.76. The first kappa shape index (κ1) is 12.3. The summed E-state index contributed by atoms with van der Waals surface area (Å²) in [4.78, 5) is 4.94. The molecule has 0 N–H and O–H groups in total. The Labute approximate surface area is 85.3 Å². The lowest BCUT2D eigenvalue weighted by Crippen LogP contribution is -1.96. The Morgan fingerprint density at radius 3 is 2.57 bits per heavy atom. The average molecular weight is 189 g/mol. The molecule has 0 aliphatic rings. The summed E-state index contributed by atoms with van der Waals surface area (Å²) in [5, 5.41) is 3.91. The van der Waals surface area contributed by atoms with Gasteiger partial charge in [-0.1, -0.05) is 23.5 Å². The molecule has 0 aliphatic carbocycles. The smallest absolute Gasteiger partial charge is 0.114 e. The molecule has 0 aromatic heterocycles. The van der Waals surface area contributed by atoms with Gasteiger partial charge in [0.1, 0.15) is 6.61 Å². The fraction of sp³-hybridized carbons (Fsp3) is 0.417. The third-order valence-corrected chi connectivity index (χ3v) is 1.49. The molecule has 0 radical (unpaired) electrons. The SMILES string of the molecule is C=C=C=C=C=C(CC)/C(C)=N/OCC. The van der Waals surface area contributed by atoms with Crippen LogP contribution in [0.4, 0.5) is 0 Å². The van der Waals surface area contributed by atoms with Gasteiger partial charge in [0.2, 0.25) is 0 Å². The number of nitrogens with zero attached hydrogens (tertiary/aromatic N) is 1. The van der Waals surface area contributed by atoms with Gasteiger partial charge in [-0.15, -0.1) is 0 Å². The summed E-state index contributed by atoms with van der Waals surface area (Å²) >= 11 is 0. The van der Waals surface area contributed by atoms with E-state index in [1.807, 2.05) is 20.8 Å². The van der Waals surface area contributed by atoms with E-state index >= 15 is 0 Å². The Hall–Kier alpha value is -1.67. The molecular formula is C12H15NO. The monoisotopic (exact) mass is 189 g/mol. The van der Waals surface area contributed by atoms with E-state index in [4.69, 9.17) is 4.84 Å². The minimum Gasteiger partial charge on any atom is -0.396 e. The van der Waals surface area contributed by atoms with Gasteiger partial charge in [-0.3, -0.25) is 0 Å². The summed E-state index contributed by atoms with van der Waals surface area (Å²) in [7, 11) is 0. The van der Waals surface area contributed by atoms with Gasteiger partial charge in [0.05, 0.1) is 5.71 Å². The Morgan fingerprint density at radius 1 is 1.36 bits per heavy atom. The van der Waals surface area contributed by atoms with Crippen molar-refractivity contribution in [1.29, 1.82) is 0 Å². The van der Waals surface area contributed by atoms with Gasteiger partial charge < -0.3 is 4.84 Å². The van der Waals surface area contributed by atoms with Crippen LogP contribution in [0.15, 0.2) is 40.2 Å². The molecule has 2 heteroatoms. The highest BCUT2D eigenvalue weighted by Gasteiger charge is 1.97. The van der Waals surface area contributed by atoms with E-state index in [2.05, 4.69) is 34.7 Å². The summed E-state index contributed by atoms with van der Waals surface area (Å²) in [6.07, 6.45) is 0.828. The lowest BCUT2D eigenvalue weighted by molar-refractivity contribution is 0.158. The van der Waals surface area contributed by atoms with Crippen LogP contribution in [0.3, 0.4) is 0 Å². The van der Waals surface area contributed by atoms with Crippen molar-refractivity contribution >= 4 is 5.71 Å². The Bertz CT molecular complexity index is 354. The molecule has 0 saturated heterocycles. The fourth-order valence-electron chi connectivity index (χ4n) is 0.802. The predicted octanol–water partition coefficient (Wildman–Crippen LogP) is 2.99. The normalized spacial score (nSPS) is 9.21. The summed E-state index contributed by atoms with van der Waals surface area (Å²) < 4.78 is 0. The second-order valence-corrected chi connectivity index (χ2v) is 2.48. The molecule has 0 rings (SSSR count). The van der Waals surface area contributed by atoms with Gasteiger partial charge >= 0.3 is 0 Å². The maximum atomic E-state index is 4.94. The molecule has 0 unspecified atom stereocenters. The van der Waals surface area contributed by atoms with Crippen molar-refractivity contribution in [2.24, 2.45) is 5.16 Å². The highest BCUT2D eigenvalue weighted by molar-refractivity contribution is 5.97. The van der Waals surface area contributed by atoms with Gasteiger partial charge in [0, 0.05) is 5.57 Å². The van der Waals surface area contributed by atoms with E-state index in [9.17, 15) is 0 Å². The van der Waals surface area contributed by atoms with Crippen LogP contribution in [-0.2, 0) is 4.84 Å². The minimum atomic E-state index is 0.570. The summed E-state index contributed by atoms with van der Waals surface area (Å²) in [5.74, 6) is 0. The molecule has 0 aliphatic heterocycles. The lowest BCUT2D eigenvalue weighted by atomic mass is 10.1. The Kier molecular flexibility index (Phi) is 7.00. The van der Waals surface area contributed by atoms with Gasteiger partial charge in [-0.2, -0.15) is 0 Å². The van der Waals surface area contributed by atoms with Crippen molar-refractivity contribution in [3.8, 4) is 0 Å². The van der Waals surface area contributed by atoms with E-state index in [0.717, 1.165) is 17.7 Å².